The van der Waals surface area contributed by atoms with Crippen molar-refractivity contribution in [2.75, 3.05) is 0 Å². The summed E-state index contributed by atoms with van der Waals surface area (Å²) in [4.78, 5) is 54.8. The first kappa shape index (κ1) is 27.3. The van der Waals surface area contributed by atoms with Crippen LogP contribution < -0.4 is 16.0 Å². The van der Waals surface area contributed by atoms with Gasteiger partial charge >= 0.3 is 17.6 Å². The Morgan fingerprint density at radius 3 is 2.14 bits per heavy atom. The maximum atomic E-state index is 12.8. The van der Waals surface area contributed by atoms with E-state index in [0.717, 1.165) is 4.57 Å². The number of carbonyl (C=O) groups excluding carboxylic acids is 1. The molecular formula is C30H24N4O9. The van der Waals surface area contributed by atoms with Crippen molar-refractivity contribution in [3.05, 3.63) is 109 Å². The first-order chi connectivity index (χ1) is 20.5. The number of aromatic nitrogens is 4. The van der Waals surface area contributed by atoms with Crippen molar-refractivity contribution in [1.82, 2.24) is 19.1 Å². The van der Waals surface area contributed by atoms with E-state index in [1.165, 1.54) is 41.9 Å². The molecule has 0 aliphatic carbocycles. The maximum absolute atomic E-state index is 12.8. The largest absolute Gasteiger partial charge is 0.508 e. The molecule has 0 fully saturated rings. The third-order valence-corrected chi connectivity index (χ3v) is 7.51. The molecule has 5 aromatic rings. The van der Waals surface area contributed by atoms with E-state index in [9.17, 15) is 34.5 Å². The maximum Gasteiger partial charge on any atom is 0.341 e. The number of esters is 1. The minimum absolute atomic E-state index is 0.0325. The Labute approximate surface area is 241 Å². The van der Waals surface area contributed by atoms with Crippen LogP contribution in [0.15, 0.2) is 64.2 Å². The Balaban J connectivity index is 0.000000185. The van der Waals surface area contributed by atoms with Crippen molar-refractivity contribution in [3.63, 3.8) is 0 Å². The number of fused-ring (bicyclic) bond motifs is 7. The molecule has 13 nitrogen and oxygen atoms in total. The number of benzene rings is 3. The molecule has 0 atom stereocenters. The number of nitrogens with one attached hydrogen (secondary N) is 1. The number of carbonyl (C=O) groups is 2. The van der Waals surface area contributed by atoms with Crippen LogP contribution in [-0.4, -0.2) is 46.4 Å². The highest BCUT2D eigenvalue weighted by Crippen LogP contribution is 2.57. The van der Waals surface area contributed by atoms with Gasteiger partial charge in [0.05, 0.1) is 11.1 Å². The first-order valence-corrected chi connectivity index (χ1v) is 13.1. The number of hydrogen-bond donors (Lipinski definition) is 4. The van der Waals surface area contributed by atoms with Crippen LogP contribution in [0.25, 0.3) is 11.2 Å². The lowest BCUT2D eigenvalue weighted by Gasteiger charge is -2.36. The summed E-state index contributed by atoms with van der Waals surface area (Å²) in [7, 11) is 3.06. The summed E-state index contributed by atoms with van der Waals surface area (Å²) in [6.07, 6.45) is 0.700. The number of aromatic hydroxyl groups is 2. The number of aromatic carboxylic acids is 1. The number of imidazole rings is 1. The number of ether oxygens (including phenoxy) is 2. The van der Waals surface area contributed by atoms with Gasteiger partial charge in [0.15, 0.2) is 11.2 Å². The average molecular weight is 585 g/mol. The molecule has 4 heterocycles. The monoisotopic (exact) mass is 584 g/mol. The molecule has 0 saturated heterocycles. The fourth-order valence-electron chi connectivity index (χ4n) is 5.47. The second-order valence-corrected chi connectivity index (χ2v) is 10.0. The van der Waals surface area contributed by atoms with E-state index in [2.05, 4.69) is 9.97 Å². The molecule has 13 heteroatoms. The van der Waals surface area contributed by atoms with Crippen LogP contribution in [0.5, 0.6) is 23.0 Å². The number of aromatic amines is 1. The molecule has 0 radical (unpaired) electrons. The van der Waals surface area contributed by atoms with Crippen LogP contribution in [0.2, 0.25) is 0 Å². The van der Waals surface area contributed by atoms with Gasteiger partial charge in [-0.25, -0.2) is 19.4 Å². The van der Waals surface area contributed by atoms with Gasteiger partial charge in [0.1, 0.15) is 34.3 Å². The molecular weight excluding hydrogens is 560 g/mol. The van der Waals surface area contributed by atoms with Crippen LogP contribution in [0.3, 0.4) is 0 Å². The quantitative estimate of drug-likeness (QED) is 0.225. The van der Waals surface area contributed by atoms with E-state index in [1.54, 1.807) is 31.3 Å². The highest BCUT2D eigenvalue weighted by atomic mass is 16.6. The van der Waals surface area contributed by atoms with Gasteiger partial charge in [0.25, 0.3) is 5.56 Å². The van der Waals surface area contributed by atoms with Gasteiger partial charge in [0.2, 0.25) is 0 Å². The van der Waals surface area contributed by atoms with Crippen LogP contribution in [0.4, 0.5) is 0 Å². The number of aryl methyl sites for hydroxylation is 2. The summed E-state index contributed by atoms with van der Waals surface area (Å²) in [5, 5.41) is 29.3. The number of nitrogens with zero attached hydrogens (tertiary/aromatic N) is 3. The fourth-order valence-corrected chi connectivity index (χ4v) is 5.47. The number of hydrogen-bond acceptors (Lipinski definition) is 9. The Morgan fingerprint density at radius 2 is 1.56 bits per heavy atom. The minimum atomic E-state index is -1.46. The van der Waals surface area contributed by atoms with E-state index >= 15 is 0 Å². The fraction of sp³-hybridized carbons (Fsp3) is 0.167. The molecule has 7 rings (SSSR count). The van der Waals surface area contributed by atoms with E-state index in [1.807, 2.05) is 6.92 Å². The average Bonchev–Trinajstić information content (AvgIpc) is 3.55. The molecule has 0 unspecified atom stereocenters. The molecule has 43 heavy (non-hydrogen) atoms. The molecule has 1 spiro atoms. The lowest BCUT2D eigenvalue weighted by Crippen LogP contribution is -2.36. The van der Waals surface area contributed by atoms with Gasteiger partial charge in [-0.2, -0.15) is 0 Å². The van der Waals surface area contributed by atoms with E-state index < -0.39 is 17.5 Å². The molecule has 0 amide bonds. The second kappa shape index (κ2) is 9.62. The van der Waals surface area contributed by atoms with E-state index in [4.69, 9.17) is 9.47 Å². The van der Waals surface area contributed by atoms with Gasteiger partial charge in [-0.3, -0.25) is 13.9 Å². The zero-order chi connectivity index (χ0) is 30.8. The third-order valence-electron chi connectivity index (χ3n) is 7.51. The summed E-state index contributed by atoms with van der Waals surface area (Å²) in [6.45, 7) is 1.93. The summed E-state index contributed by atoms with van der Waals surface area (Å²) in [6, 6.07) is 13.3. The summed E-state index contributed by atoms with van der Waals surface area (Å²) in [5.74, 6) is -0.937. The molecule has 0 bridgehead atoms. The normalized spacial score (nSPS) is 13.8. The van der Waals surface area contributed by atoms with E-state index in [0.29, 0.717) is 40.1 Å². The van der Waals surface area contributed by atoms with Crippen molar-refractivity contribution in [1.29, 1.82) is 0 Å². The van der Waals surface area contributed by atoms with Gasteiger partial charge in [-0.15, -0.1) is 0 Å². The number of H-pyrrole nitrogens is 1. The number of phenolic OH excluding ortho intramolecular Hbond substituents is 2. The van der Waals surface area contributed by atoms with Crippen LogP contribution in [0.1, 0.15) is 50.2 Å². The lowest BCUT2D eigenvalue weighted by molar-refractivity contribution is 0.0222. The topological polar surface area (TPSA) is 186 Å². The Bertz CT molecular complexity index is 2070. The van der Waals surface area contributed by atoms with Crippen molar-refractivity contribution in [2.24, 2.45) is 14.1 Å². The standard InChI is InChI=1S/C21H12O7.C9H12N4O2/c22-10-4-6-13-16(8-10)27-17-9-11(23)5-7-14(17)21(13)15-3-1-2-12(19(24)25)18(15)20(26)28-21;1-4-5-10-6-7(11-5)12(2)9(15)13(3)8(6)14/h1-9,22-23H,(H,24,25);4H2,1-3H3,(H,10,11). The molecule has 2 aliphatic rings. The summed E-state index contributed by atoms with van der Waals surface area (Å²) >= 11 is 0. The Kier molecular flexibility index (Phi) is 6.11. The van der Waals surface area contributed by atoms with Crippen LogP contribution in [0, 0.1) is 0 Å². The van der Waals surface area contributed by atoms with Crippen molar-refractivity contribution in [3.8, 4) is 23.0 Å². The highest BCUT2D eigenvalue weighted by molar-refractivity contribution is 6.06. The smallest absolute Gasteiger partial charge is 0.341 e. The predicted molar refractivity (Wildman–Crippen MR) is 151 cm³/mol. The zero-order valence-corrected chi connectivity index (χ0v) is 23.0. The Hall–Kier alpha value is -5.85. The number of carboxylic acid groups (broad SMARTS) is 1. The van der Waals surface area contributed by atoms with Crippen LogP contribution in [-0.2, 0) is 30.9 Å². The van der Waals surface area contributed by atoms with Gasteiger partial charge < -0.3 is 29.8 Å². The first-order valence-electron chi connectivity index (χ1n) is 13.1. The minimum Gasteiger partial charge on any atom is -0.508 e. The van der Waals surface area contributed by atoms with Crippen molar-refractivity contribution < 1.29 is 34.4 Å². The number of carboxylic acids is 1. The number of phenols is 2. The predicted octanol–water partition coefficient (Wildman–Crippen LogP) is 2.89. The molecule has 4 N–H and O–H groups in total. The molecule has 0 saturated carbocycles. The van der Waals surface area contributed by atoms with Crippen molar-refractivity contribution >= 4 is 23.1 Å². The lowest BCUT2D eigenvalue weighted by atomic mass is 9.77. The van der Waals surface area contributed by atoms with Gasteiger partial charge in [-0.1, -0.05) is 19.1 Å². The molecule has 3 aromatic carbocycles. The number of rotatable bonds is 2. The SMILES string of the molecule is CCc1nc2c([nH]1)c(=O)n(C)c(=O)n2C.O=C(O)c1cccc2c1C(=O)OC21c2ccc(O)cc2Oc2cc(O)ccc21. The van der Waals surface area contributed by atoms with Gasteiger partial charge in [-0.05, 0) is 30.3 Å². The molecule has 2 aliphatic heterocycles. The zero-order valence-electron chi connectivity index (χ0n) is 23.0. The third kappa shape index (κ3) is 3.96. The molecule has 2 aromatic heterocycles. The van der Waals surface area contributed by atoms with Crippen molar-refractivity contribution in [2.45, 2.75) is 18.9 Å². The summed E-state index contributed by atoms with van der Waals surface area (Å²) in [5.41, 5.74) is -0.294. The van der Waals surface area contributed by atoms with E-state index in [-0.39, 0.29) is 45.4 Å². The molecule has 218 valence electrons. The highest BCUT2D eigenvalue weighted by Gasteiger charge is 2.54. The summed E-state index contributed by atoms with van der Waals surface area (Å²) < 4.78 is 14.1. The van der Waals surface area contributed by atoms with Crippen LogP contribution >= 0.6 is 0 Å². The van der Waals surface area contributed by atoms with Gasteiger partial charge in [0, 0.05) is 49.3 Å². The second-order valence-electron chi connectivity index (χ2n) is 10.0. The Morgan fingerprint density at radius 1 is 0.930 bits per heavy atom.